The number of likely N-dealkylation sites (tertiary alicyclic amines) is 1. The summed E-state index contributed by atoms with van der Waals surface area (Å²) in [5.41, 5.74) is -0.477. The van der Waals surface area contributed by atoms with Crippen molar-refractivity contribution in [2.24, 2.45) is 0 Å². The number of carboxylic acids is 1. The van der Waals surface area contributed by atoms with Gasteiger partial charge in [-0.15, -0.1) is 0 Å². The van der Waals surface area contributed by atoms with Crippen LogP contribution in [0.3, 0.4) is 0 Å². The molecule has 0 aromatic carbocycles. The lowest BCUT2D eigenvalue weighted by molar-refractivity contribution is -0.136. The third kappa shape index (κ3) is 6.80. The Labute approximate surface area is 126 Å². The van der Waals surface area contributed by atoms with Crippen LogP contribution in [-0.2, 0) is 9.53 Å². The van der Waals surface area contributed by atoms with Gasteiger partial charge in [-0.2, -0.15) is 0 Å². The number of amides is 1. The van der Waals surface area contributed by atoms with Gasteiger partial charge < -0.3 is 20.1 Å². The number of rotatable bonds is 6. The molecule has 1 amide bonds. The van der Waals surface area contributed by atoms with Crippen LogP contribution in [0.15, 0.2) is 0 Å². The van der Waals surface area contributed by atoms with Crippen molar-refractivity contribution in [3.8, 4) is 0 Å². The summed E-state index contributed by atoms with van der Waals surface area (Å²) in [5.74, 6) is -0.800. The molecule has 0 aromatic heterocycles. The summed E-state index contributed by atoms with van der Waals surface area (Å²) in [6.07, 6.45) is 2.65. The van der Waals surface area contributed by atoms with E-state index in [-0.39, 0.29) is 24.6 Å². The normalized spacial score (nSPS) is 20.4. The fraction of sp³-hybridized carbons (Fsp3) is 0.867. The van der Waals surface area contributed by atoms with E-state index in [4.69, 9.17) is 9.84 Å². The summed E-state index contributed by atoms with van der Waals surface area (Å²) >= 11 is 0. The highest BCUT2D eigenvalue weighted by Gasteiger charge is 2.32. The number of ether oxygens (including phenoxy) is 1. The first kappa shape index (κ1) is 17.8. The number of carboxylic acid groups (broad SMARTS) is 1. The van der Waals surface area contributed by atoms with E-state index in [1.54, 1.807) is 4.90 Å². The molecule has 0 spiro atoms. The molecule has 0 aliphatic carbocycles. The lowest BCUT2D eigenvalue weighted by atomic mass is 10.1. The highest BCUT2D eigenvalue weighted by atomic mass is 16.6. The Hall–Kier alpha value is -1.30. The van der Waals surface area contributed by atoms with E-state index >= 15 is 0 Å². The number of nitrogens with zero attached hydrogens (tertiary/aromatic N) is 1. The second kappa shape index (κ2) is 7.64. The fourth-order valence-corrected chi connectivity index (χ4v) is 2.56. The van der Waals surface area contributed by atoms with E-state index in [0.29, 0.717) is 6.54 Å². The standard InChI is InChI=1S/C15H28N2O4/c1-11(16-8-7-13(18)19)10-12-6-5-9-17(12)14(20)21-15(2,3)4/h11-12,16H,5-10H2,1-4H3,(H,18,19). The maximum Gasteiger partial charge on any atom is 0.410 e. The molecule has 2 N–H and O–H groups in total. The largest absolute Gasteiger partial charge is 0.481 e. The summed E-state index contributed by atoms with van der Waals surface area (Å²) in [7, 11) is 0. The fourth-order valence-electron chi connectivity index (χ4n) is 2.56. The van der Waals surface area contributed by atoms with Crippen molar-refractivity contribution in [1.29, 1.82) is 0 Å². The lowest BCUT2D eigenvalue weighted by Gasteiger charge is -2.30. The van der Waals surface area contributed by atoms with Gasteiger partial charge in [-0.1, -0.05) is 0 Å². The quantitative estimate of drug-likeness (QED) is 0.786. The van der Waals surface area contributed by atoms with Gasteiger partial charge in [-0.25, -0.2) is 4.79 Å². The van der Waals surface area contributed by atoms with E-state index < -0.39 is 11.6 Å². The molecule has 1 rings (SSSR count). The average Bonchev–Trinajstić information content (AvgIpc) is 2.74. The zero-order valence-electron chi connectivity index (χ0n) is 13.5. The molecule has 0 bridgehead atoms. The number of aliphatic carboxylic acids is 1. The van der Waals surface area contributed by atoms with Crippen LogP contribution in [0, 0.1) is 0 Å². The van der Waals surface area contributed by atoms with Crippen LogP contribution >= 0.6 is 0 Å². The van der Waals surface area contributed by atoms with Gasteiger partial charge in [0.05, 0.1) is 6.42 Å². The highest BCUT2D eigenvalue weighted by Crippen LogP contribution is 2.23. The second-order valence-electron chi connectivity index (χ2n) is 6.70. The van der Waals surface area contributed by atoms with Gasteiger partial charge >= 0.3 is 12.1 Å². The summed E-state index contributed by atoms with van der Waals surface area (Å²) in [5, 5.41) is 11.8. The Balaban J connectivity index is 2.42. The summed E-state index contributed by atoms with van der Waals surface area (Å²) in [6.45, 7) is 8.81. The van der Waals surface area contributed by atoms with Crippen molar-refractivity contribution in [3.05, 3.63) is 0 Å². The third-order valence-corrected chi connectivity index (χ3v) is 3.46. The van der Waals surface area contributed by atoms with Crippen LogP contribution in [0.5, 0.6) is 0 Å². The molecule has 0 radical (unpaired) electrons. The van der Waals surface area contributed by atoms with Gasteiger partial charge in [0.15, 0.2) is 0 Å². The predicted molar refractivity (Wildman–Crippen MR) is 80.3 cm³/mol. The van der Waals surface area contributed by atoms with Crippen LogP contribution in [0.4, 0.5) is 4.79 Å². The Morgan fingerprint density at radius 1 is 1.43 bits per heavy atom. The molecule has 122 valence electrons. The molecule has 1 aliphatic rings. The first-order valence-corrected chi connectivity index (χ1v) is 7.64. The maximum atomic E-state index is 12.2. The molecule has 2 unspecified atom stereocenters. The number of hydrogen-bond acceptors (Lipinski definition) is 4. The van der Waals surface area contributed by atoms with Gasteiger partial charge in [0.2, 0.25) is 0 Å². The minimum absolute atomic E-state index is 0.116. The zero-order valence-corrected chi connectivity index (χ0v) is 13.5. The molecule has 0 aromatic rings. The summed E-state index contributed by atoms with van der Waals surface area (Å²) < 4.78 is 5.43. The van der Waals surface area contributed by atoms with Crippen molar-refractivity contribution in [3.63, 3.8) is 0 Å². The zero-order chi connectivity index (χ0) is 16.0. The topological polar surface area (TPSA) is 78.9 Å². The highest BCUT2D eigenvalue weighted by molar-refractivity contribution is 5.69. The number of nitrogens with one attached hydrogen (secondary N) is 1. The average molecular weight is 300 g/mol. The molecule has 1 heterocycles. The van der Waals surface area contributed by atoms with Gasteiger partial charge in [-0.05, 0) is 47.0 Å². The summed E-state index contributed by atoms with van der Waals surface area (Å²) in [4.78, 5) is 24.5. The summed E-state index contributed by atoms with van der Waals surface area (Å²) in [6, 6.07) is 0.351. The molecule has 1 fully saturated rings. The number of hydrogen-bond donors (Lipinski definition) is 2. The van der Waals surface area contributed by atoms with Crippen LogP contribution in [0.1, 0.15) is 53.4 Å². The molecular weight excluding hydrogens is 272 g/mol. The van der Waals surface area contributed by atoms with Crippen molar-refractivity contribution in [1.82, 2.24) is 10.2 Å². The third-order valence-electron chi connectivity index (χ3n) is 3.46. The van der Waals surface area contributed by atoms with Gasteiger partial charge in [0, 0.05) is 25.2 Å². The van der Waals surface area contributed by atoms with Gasteiger partial charge in [0.25, 0.3) is 0 Å². The smallest absolute Gasteiger partial charge is 0.410 e. The van der Waals surface area contributed by atoms with E-state index in [1.165, 1.54) is 0 Å². The number of carbonyl (C=O) groups is 2. The maximum absolute atomic E-state index is 12.2. The first-order chi connectivity index (χ1) is 9.69. The molecule has 1 aliphatic heterocycles. The van der Waals surface area contributed by atoms with Crippen LogP contribution in [0.25, 0.3) is 0 Å². The SMILES string of the molecule is CC(CC1CCCN1C(=O)OC(C)(C)C)NCCC(=O)O. The minimum Gasteiger partial charge on any atom is -0.481 e. The van der Waals surface area contributed by atoms with Crippen LogP contribution in [0.2, 0.25) is 0 Å². The van der Waals surface area contributed by atoms with Crippen molar-refractivity contribution in [2.45, 2.75) is 71.1 Å². The molecular formula is C15H28N2O4. The van der Waals surface area contributed by atoms with E-state index in [2.05, 4.69) is 5.32 Å². The first-order valence-electron chi connectivity index (χ1n) is 7.64. The Kier molecular flexibility index (Phi) is 6.45. The molecule has 21 heavy (non-hydrogen) atoms. The molecule has 0 saturated carbocycles. The van der Waals surface area contributed by atoms with Crippen LogP contribution < -0.4 is 5.32 Å². The predicted octanol–water partition coefficient (Wildman–Crippen LogP) is 2.23. The van der Waals surface area contributed by atoms with E-state index in [1.807, 2.05) is 27.7 Å². The molecule has 6 nitrogen and oxygen atoms in total. The van der Waals surface area contributed by atoms with Gasteiger partial charge in [-0.3, -0.25) is 4.79 Å². The van der Waals surface area contributed by atoms with E-state index in [9.17, 15) is 9.59 Å². The minimum atomic E-state index is -0.800. The van der Waals surface area contributed by atoms with Crippen LogP contribution in [-0.4, -0.2) is 52.8 Å². The second-order valence-corrected chi connectivity index (χ2v) is 6.70. The Bertz CT molecular complexity index is 365. The van der Waals surface area contributed by atoms with Crippen molar-refractivity contribution >= 4 is 12.1 Å². The van der Waals surface area contributed by atoms with E-state index in [0.717, 1.165) is 25.8 Å². The monoisotopic (exact) mass is 300 g/mol. The van der Waals surface area contributed by atoms with Crippen molar-refractivity contribution in [2.75, 3.05) is 13.1 Å². The number of carbonyl (C=O) groups excluding carboxylic acids is 1. The molecule has 2 atom stereocenters. The Morgan fingerprint density at radius 3 is 2.67 bits per heavy atom. The Morgan fingerprint density at radius 2 is 2.10 bits per heavy atom. The molecule has 6 heteroatoms. The molecule has 1 saturated heterocycles. The lowest BCUT2D eigenvalue weighted by Crippen LogP contribution is -2.42. The van der Waals surface area contributed by atoms with Crippen molar-refractivity contribution < 1.29 is 19.4 Å². The van der Waals surface area contributed by atoms with Gasteiger partial charge in [0.1, 0.15) is 5.60 Å².